The van der Waals surface area contributed by atoms with E-state index in [0.29, 0.717) is 0 Å². The molecule has 94 valence electrons. The lowest BCUT2D eigenvalue weighted by Gasteiger charge is -2.09. The van der Waals surface area contributed by atoms with E-state index in [1.54, 1.807) is 12.4 Å². The maximum absolute atomic E-state index is 4.50. The van der Waals surface area contributed by atoms with Gasteiger partial charge in [0, 0.05) is 31.4 Å². The van der Waals surface area contributed by atoms with E-state index in [-0.39, 0.29) is 0 Å². The minimum absolute atomic E-state index is 0.871. The Morgan fingerprint density at radius 3 is 2.89 bits per heavy atom. The van der Waals surface area contributed by atoms with Crippen LogP contribution in [-0.4, -0.2) is 22.7 Å². The summed E-state index contributed by atoms with van der Waals surface area (Å²) >= 11 is 0. The van der Waals surface area contributed by atoms with Crippen molar-refractivity contribution in [3.63, 3.8) is 0 Å². The molecule has 1 aromatic heterocycles. The summed E-state index contributed by atoms with van der Waals surface area (Å²) in [7, 11) is 0. The van der Waals surface area contributed by atoms with E-state index in [0.717, 1.165) is 28.8 Å². The molecule has 0 spiro atoms. The van der Waals surface area contributed by atoms with Crippen LogP contribution in [0.15, 0.2) is 59.1 Å². The lowest BCUT2D eigenvalue weighted by molar-refractivity contribution is 0.930. The summed E-state index contributed by atoms with van der Waals surface area (Å²) in [5.74, 6) is 0. The van der Waals surface area contributed by atoms with Crippen LogP contribution in [0.1, 0.15) is 12.5 Å². The lowest BCUT2D eigenvalue weighted by Crippen LogP contribution is -2.11. The first-order valence-corrected chi connectivity index (χ1v) is 6.18. The predicted octanol–water partition coefficient (Wildman–Crippen LogP) is 2.44. The van der Waals surface area contributed by atoms with Crippen molar-refractivity contribution in [3.8, 4) is 0 Å². The zero-order chi connectivity index (χ0) is 13.1. The van der Waals surface area contributed by atoms with Crippen molar-refractivity contribution in [2.24, 2.45) is 4.99 Å². The van der Waals surface area contributed by atoms with E-state index >= 15 is 0 Å². The molecule has 0 bridgehead atoms. The predicted molar refractivity (Wildman–Crippen MR) is 77.0 cm³/mol. The van der Waals surface area contributed by atoms with Crippen LogP contribution < -0.4 is 5.32 Å². The van der Waals surface area contributed by atoms with E-state index in [1.165, 1.54) is 5.57 Å². The first kappa shape index (κ1) is 11.6. The standard InChI is InChI=1S/C15H14N4/c1-11-4-5-16-10-15(11)19-9-12-2-3-13-14(8-12)18-7-6-17-13/h2-4,6-10,16H,5H2,1H3. The van der Waals surface area contributed by atoms with Crippen LogP contribution in [0.25, 0.3) is 11.0 Å². The number of rotatable bonds is 2. The summed E-state index contributed by atoms with van der Waals surface area (Å²) in [6.45, 7) is 2.94. The first-order chi connectivity index (χ1) is 9.33. The van der Waals surface area contributed by atoms with Crippen LogP contribution in [0.2, 0.25) is 0 Å². The Morgan fingerprint density at radius 1 is 1.21 bits per heavy atom. The van der Waals surface area contributed by atoms with Gasteiger partial charge in [0.15, 0.2) is 0 Å². The summed E-state index contributed by atoms with van der Waals surface area (Å²) in [5.41, 5.74) is 4.96. The lowest BCUT2D eigenvalue weighted by atomic mass is 10.1. The number of benzene rings is 1. The second-order valence-corrected chi connectivity index (χ2v) is 4.39. The largest absolute Gasteiger partial charge is 0.386 e. The molecular weight excluding hydrogens is 236 g/mol. The molecule has 2 heterocycles. The number of dihydropyridines is 1. The second kappa shape index (κ2) is 5.02. The van der Waals surface area contributed by atoms with Gasteiger partial charge in [0.05, 0.1) is 16.7 Å². The molecule has 0 fully saturated rings. The Bertz CT molecular complexity index is 698. The van der Waals surface area contributed by atoms with E-state index in [9.17, 15) is 0 Å². The minimum Gasteiger partial charge on any atom is -0.386 e. The van der Waals surface area contributed by atoms with Gasteiger partial charge in [-0.2, -0.15) is 0 Å². The molecule has 1 aromatic carbocycles. The van der Waals surface area contributed by atoms with Crippen molar-refractivity contribution in [3.05, 3.63) is 59.7 Å². The SMILES string of the molecule is CC1=CCNC=C1N=Cc1ccc2nccnc2c1. The molecule has 3 rings (SSSR count). The smallest absolute Gasteiger partial charge is 0.0893 e. The number of allylic oxidation sites excluding steroid dienone is 1. The Labute approximate surface area is 111 Å². The number of hydrogen-bond acceptors (Lipinski definition) is 4. The number of aliphatic imine (C=N–C) groups is 1. The van der Waals surface area contributed by atoms with Crippen LogP contribution in [-0.2, 0) is 0 Å². The summed E-state index contributed by atoms with van der Waals surface area (Å²) in [5, 5.41) is 3.16. The number of aromatic nitrogens is 2. The molecule has 0 aliphatic carbocycles. The highest BCUT2D eigenvalue weighted by molar-refractivity contribution is 5.87. The van der Waals surface area contributed by atoms with Gasteiger partial charge in [-0.1, -0.05) is 12.1 Å². The van der Waals surface area contributed by atoms with Gasteiger partial charge in [-0.15, -0.1) is 0 Å². The highest BCUT2D eigenvalue weighted by Gasteiger charge is 2.01. The number of nitrogens with zero attached hydrogens (tertiary/aromatic N) is 3. The van der Waals surface area contributed by atoms with Crippen molar-refractivity contribution in [2.45, 2.75) is 6.92 Å². The van der Waals surface area contributed by atoms with E-state index in [4.69, 9.17) is 0 Å². The zero-order valence-electron chi connectivity index (χ0n) is 10.7. The average molecular weight is 250 g/mol. The number of fused-ring (bicyclic) bond motifs is 1. The Hall–Kier alpha value is -2.49. The highest BCUT2D eigenvalue weighted by atomic mass is 14.9. The molecule has 1 aliphatic rings. The third-order valence-electron chi connectivity index (χ3n) is 3.01. The fourth-order valence-electron chi connectivity index (χ4n) is 1.93. The fraction of sp³-hybridized carbons (Fsp3) is 0.133. The summed E-state index contributed by atoms with van der Waals surface area (Å²) in [4.78, 5) is 13.0. The van der Waals surface area contributed by atoms with Gasteiger partial charge in [0.1, 0.15) is 0 Å². The highest BCUT2D eigenvalue weighted by Crippen LogP contribution is 2.14. The molecule has 4 nitrogen and oxygen atoms in total. The monoisotopic (exact) mass is 250 g/mol. The molecule has 0 saturated heterocycles. The average Bonchev–Trinajstić information content (AvgIpc) is 2.46. The van der Waals surface area contributed by atoms with Crippen LogP contribution in [0.3, 0.4) is 0 Å². The molecule has 0 amide bonds. The van der Waals surface area contributed by atoms with Crippen molar-refractivity contribution >= 4 is 17.2 Å². The van der Waals surface area contributed by atoms with E-state index in [1.807, 2.05) is 30.6 Å². The Morgan fingerprint density at radius 2 is 2.05 bits per heavy atom. The molecule has 0 unspecified atom stereocenters. The molecule has 1 aliphatic heterocycles. The normalized spacial score (nSPS) is 15.2. The molecule has 4 heteroatoms. The van der Waals surface area contributed by atoms with Gasteiger partial charge in [-0.25, -0.2) is 0 Å². The topological polar surface area (TPSA) is 50.2 Å². The van der Waals surface area contributed by atoms with Gasteiger partial charge in [0.2, 0.25) is 0 Å². The van der Waals surface area contributed by atoms with Gasteiger partial charge in [-0.3, -0.25) is 15.0 Å². The zero-order valence-corrected chi connectivity index (χ0v) is 10.7. The van der Waals surface area contributed by atoms with Crippen LogP contribution >= 0.6 is 0 Å². The maximum Gasteiger partial charge on any atom is 0.0893 e. The second-order valence-electron chi connectivity index (χ2n) is 4.39. The first-order valence-electron chi connectivity index (χ1n) is 6.18. The van der Waals surface area contributed by atoms with Gasteiger partial charge in [-0.05, 0) is 30.2 Å². The fourth-order valence-corrected chi connectivity index (χ4v) is 1.93. The van der Waals surface area contributed by atoms with Crippen molar-refractivity contribution < 1.29 is 0 Å². The number of nitrogens with one attached hydrogen (secondary N) is 1. The molecule has 19 heavy (non-hydrogen) atoms. The van der Waals surface area contributed by atoms with Gasteiger partial charge < -0.3 is 5.32 Å². The van der Waals surface area contributed by atoms with Gasteiger partial charge >= 0.3 is 0 Å². The van der Waals surface area contributed by atoms with E-state index < -0.39 is 0 Å². The Kier molecular flexibility index (Phi) is 3.06. The molecule has 0 radical (unpaired) electrons. The van der Waals surface area contributed by atoms with Crippen LogP contribution in [0, 0.1) is 0 Å². The molecular formula is C15H14N4. The third kappa shape index (κ3) is 2.52. The van der Waals surface area contributed by atoms with Crippen LogP contribution in [0.4, 0.5) is 0 Å². The van der Waals surface area contributed by atoms with Crippen molar-refractivity contribution in [1.29, 1.82) is 0 Å². The molecule has 0 saturated carbocycles. The molecule has 0 atom stereocenters. The minimum atomic E-state index is 0.871. The molecule has 2 aromatic rings. The molecule has 1 N–H and O–H groups in total. The number of hydrogen-bond donors (Lipinski definition) is 1. The van der Waals surface area contributed by atoms with E-state index in [2.05, 4.69) is 33.3 Å². The third-order valence-corrected chi connectivity index (χ3v) is 3.01. The maximum atomic E-state index is 4.50. The Balaban J connectivity index is 1.89. The summed E-state index contributed by atoms with van der Waals surface area (Å²) < 4.78 is 0. The summed E-state index contributed by atoms with van der Waals surface area (Å²) in [6, 6.07) is 5.94. The summed E-state index contributed by atoms with van der Waals surface area (Å²) in [6.07, 6.45) is 9.31. The van der Waals surface area contributed by atoms with Crippen molar-refractivity contribution in [2.75, 3.05) is 6.54 Å². The van der Waals surface area contributed by atoms with Crippen LogP contribution in [0.5, 0.6) is 0 Å². The quantitative estimate of drug-likeness (QED) is 0.833. The van der Waals surface area contributed by atoms with Gasteiger partial charge in [0.25, 0.3) is 0 Å². The van der Waals surface area contributed by atoms with Crippen molar-refractivity contribution in [1.82, 2.24) is 15.3 Å².